The molecular weight excluding hydrogens is 434 g/mol. The largest absolute Gasteiger partial charge is 0.481 e. The fourth-order valence-corrected chi connectivity index (χ4v) is 2.81. The number of unbranched alkanes of at least 4 members (excludes halogenated alkanes) is 8. The number of carboxylic acids is 3. The van der Waals surface area contributed by atoms with Crippen LogP contribution >= 0.6 is 0 Å². The van der Waals surface area contributed by atoms with E-state index in [1.165, 1.54) is 38.5 Å². The third-order valence-corrected chi connectivity index (χ3v) is 4.81. The van der Waals surface area contributed by atoms with Gasteiger partial charge >= 0.3 is 17.9 Å². The van der Waals surface area contributed by atoms with Gasteiger partial charge < -0.3 is 32.1 Å². The summed E-state index contributed by atoms with van der Waals surface area (Å²) in [4.78, 5) is 53.3. The topological polar surface area (TPSA) is 210 Å². The lowest BCUT2D eigenvalue weighted by Crippen LogP contribution is -2.41. The summed E-state index contributed by atoms with van der Waals surface area (Å²) in [6.07, 6.45) is 10.6. The molecule has 0 radical (unpaired) electrons. The maximum atomic E-state index is 11.7. The van der Waals surface area contributed by atoms with Crippen LogP contribution in [0.1, 0.15) is 96.8 Å². The molecular formula is C22H41N3O8. The van der Waals surface area contributed by atoms with Crippen LogP contribution in [0.4, 0.5) is 0 Å². The van der Waals surface area contributed by atoms with Crippen LogP contribution in [0.5, 0.6) is 0 Å². The highest BCUT2D eigenvalue weighted by Gasteiger charge is 2.20. The number of amides is 2. The molecule has 192 valence electrons. The Morgan fingerprint density at radius 1 is 0.727 bits per heavy atom. The summed E-state index contributed by atoms with van der Waals surface area (Å²) in [6.45, 7) is 2.20. The van der Waals surface area contributed by atoms with E-state index in [4.69, 9.17) is 26.8 Å². The molecule has 33 heavy (non-hydrogen) atoms. The molecule has 2 amide bonds. The maximum Gasteiger partial charge on any atom is 0.326 e. The van der Waals surface area contributed by atoms with Gasteiger partial charge in [0.15, 0.2) is 0 Å². The number of nitrogens with two attached hydrogens (primary N) is 2. The fourth-order valence-electron chi connectivity index (χ4n) is 2.81. The van der Waals surface area contributed by atoms with Crippen LogP contribution in [0, 0.1) is 0 Å². The van der Waals surface area contributed by atoms with Crippen molar-refractivity contribution in [2.24, 2.45) is 11.5 Å². The lowest BCUT2D eigenvalue weighted by molar-refractivity contribution is -0.142. The normalized spacial score (nSPS) is 12.1. The van der Waals surface area contributed by atoms with Crippen molar-refractivity contribution in [2.75, 3.05) is 0 Å². The van der Waals surface area contributed by atoms with Crippen molar-refractivity contribution < 1.29 is 39.3 Å². The first-order valence-electron chi connectivity index (χ1n) is 11.5. The molecule has 0 bridgehead atoms. The summed E-state index contributed by atoms with van der Waals surface area (Å²) < 4.78 is 0. The summed E-state index contributed by atoms with van der Waals surface area (Å²) in [5.74, 6) is -4.17. The van der Waals surface area contributed by atoms with Crippen molar-refractivity contribution in [1.82, 2.24) is 5.32 Å². The van der Waals surface area contributed by atoms with E-state index >= 15 is 0 Å². The third kappa shape index (κ3) is 23.8. The van der Waals surface area contributed by atoms with Gasteiger partial charge in [0.1, 0.15) is 12.1 Å². The van der Waals surface area contributed by atoms with E-state index in [2.05, 4.69) is 12.2 Å². The summed E-state index contributed by atoms with van der Waals surface area (Å²) in [5.41, 5.74) is 9.99. The number of carboxylic acid groups (broad SMARTS) is 3. The van der Waals surface area contributed by atoms with E-state index in [1.807, 2.05) is 0 Å². The lowest BCUT2D eigenvalue weighted by atomic mass is 10.1. The number of rotatable bonds is 19. The van der Waals surface area contributed by atoms with Crippen molar-refractivity contribution in [1.29, 1.82) is 0 Å². The Kier molecular flexibility index (Phi) is 20.8. The molecule has 0 saturated heterocycles. The quantitative estimate of drug-likeness (QED) is 0.151. The zero-order chi connectivity index (χ0) is 25.6. The van der Waals surface area contributed by atoms with Gasteiger partial charge in [-0.2, -0.15) is 0 Å². The molecule has 0 rings (SSSR count). The van der Waals surface area contributed by atoms with Gasteiger partial charge in [0, 0.05) is 19.3 Å². The number of hydrogen-bond donors (Lipinski definition) is 6. The molecule has 11 heteroatoms. The van der Waals surface area contributed by atoms with Gasteiger partial charge in [-0.3, -0.25) is 19.2 Å². The highest BCUT2D eigenvalue weighted by Crippen LogP contribution is 2.10. The Morgan fingerprint density at radius 3 is 1.67 bits per heavy atom. The highest BCUT2D eigenvalue weighted by molar-refractivity contribution is 5.84. The van der Waals surface area contributed by atoms with E-state index < -0.39 is 35.9 Å². The maximum absolute atomic E-state index is 11.7. The van der Waals surface area contributed by atoms with E-state index in [-0.39, 0.29) is 31.6 Å². The van der Waals surface area contributed by atoms with Crippen LogP contribution < -0.4 is 16.8 Å². The second-order valence-electron chi connectivity index (χ2n) is 7.92. The van der Waals surface area contributed by atoms with Gasteiger partial charge in [0.25, 0.3) is 0 Å². The number of nitrogens with one attached hydrogen (secondary N) is 1. The summed E-state index contributed by atoms with van der Waals surface area (Å²) in [6, 6.07) is -2.09. The van der Waals surface area contributed by atoms with Crippen LogP contribution in [-0.2, 0) is 24.0 Å². The number of primary amides is 1. The predicted octanol–water partition coefficient (Wildman–Crippen LogP) is 2.01. The molecule has 0 saturated carbocycles. The Bertz CT molecular complexity index is 598. The van der Waals surface area contributed by atoms with Gasteiger partial charge in [-0.05, 0) is 19.3 Å². The number of aliphatic carboxylic acids is 3. The molecule has 0 spiro atoms. The van der Waals surface area contributed by atoms with Gasteiger partial charge in [0.2, 0.25) is 11.8 Å². The van der Waals surface area contributed by atoms with E-state index in [9.17, 15) is 24.0 Å². The van der Waals surface area contributed by atoms with Crippen molar-refractivity contribution in [2.45, 2.75) is 109 Å². The Morgan fingerprint density at radius 2 is 1.24 bits per heavy atom. The van der Waals surface area contributed by atoms with E-state index in [0.717, 1.165) is 19.3 Å². The molecule has 8 N–H and O–H groups in total. The zero-order valence-electron chi connectivity index (χ0n) is 19.6. The molecule has 0 aliphatic rings. The van der Waals surface area contributed by atoms with Crippen LogP contribution in [0.3, 0.4) is 0 Å². The number of carbonyl (C=O) groups excluding carboxylic acids is 2. The Balaban J connectivity index is 0. The van der Waals surface area contributed by atoms with Crippen LogP contribution in [-0.4, -0.2) is 57.1 Å². The first-order valence-corrected chi connectivity index (χ1v) is 11.5. The Hall–Kier alpha value is -2.69. The van der Waals surface area contributed by atoms with Gasteiger partial charge in [-0.25, -0.2) is 4.79 Å². The van der Waals surface area contributed by atoms with Gasteiger partial charge in [-0.15, -0.1) is 0 Å². The smallest absolute Gasteiger partial charge is 0.326 e. The van der Waals surface area contributed by atoms with E-state index in [0.29, 0.717) is 6.42 Å². The molecule has 0 unspecified atom stereocenters. The van der Waals surface area contributed by atoms with E-state index in [1.54, 1.807) is 0 Å². The monoisotopic (exact) mass is 475 g/mol. The fraction of sp³-hybridized carbons (Fsp3) is 0.773. The average molecular weight is 476 g/mol. The molecule has 0 aliphatic carbocycles. The molecule has 11 nitrogen and oxygen atoms in total. The minimum Gasteiger partial charge on any atom is -0.481 e. The molecule has 2 atom stereocenters. The first kappa shape index (κ1) is 32.5. The van der Waals surface area contributed by atoms with Crippen molar-refractivity contribution in [3.63, 3.8) is 0 Å². The molecule has 0 heterocycles. The predicted molar refractivity (Wildman–Crippen MR) is 122 cm³/mol. The average Bonchev–Trinajstić information content (AvgIpc) is 2.73. The van der Waals surface area contributed by atoms with Crippen molar-refractivity contribution >= 4 is 29.7 Å². The first-order chi connectivity index (χ1) is 15.5. The molecule has 0 aromatic rings. The summed E-state index contributed by atoms with van der Waals surface area (Å²) >= 11 is 0. The number of hydrogen-bond acceptors (Lipinski definition) is 6. The van der Waals surface area contributed by atoms with Crippen LogP contribution in [0.25, 0.3) is 0 Å². The summed E-state index contributed by atoms with van der Waals surface area (Å²) in [7, 11) is 0. The lowest BCUT2D eigenvalue weighted by Gasteiger charge is -2.13. The van der Waals surface area contributed by atoms with Crippen LogP contribution in [0.15, 0.2) is 0 Å². The standard InChI is InChI=1S/C17H32N2O4.C5H9NO4/c1-2-3-4-5-6-7-8-9-10-11-16(21)19-14(17(22)23)12-13-15(18)20;6-3(5(9)10)1-2-4(7)8/h14H,2-13H2,1H3,(H2,18,20)(H,19,21)(H,22,23);3H,1-2,6H2,(H,7,8)(H,9,10)/t14-;3-/m00/s1. The molecule has 0 aliphatic heterocycles. The summed E-state index contributed by atoms with van der Waals surface area (Å²) in [5, 5.41) is 27.7. The highest BCUT2D eigenvalue weighted by atomic mass is 16.4. The minimum atomic E-state index is -1.17. The number of carbonyl (C=O) groups is 5. The molecule has 0 aromatic heterocycles. The minimum absolute atomic E-state index is 0.0231. The van der Waals surface area contributed by atoms with Crippen molar-refractivity contribution in [3.05, 3.63) is 0 Å². The second kappa shape index (κ2) is 21.2. The zero-order valence-corrected chi connectivity index (χ0v) is 19.6. The third-order valence-electron chi connectivity index (χ3n) is 4.81. The molecule has 0 fully saturated rings. The van der Waals surface area contributed by atoms with Gasteiger partial charge in [0.05, 0.1) is 0 Å². The second-order valence-corrected chi connectivity index (χ2v) is 7.92. The Labute approximate surface area is 195 Å². The SMILES string of the molecule is CCCCCCCCCCCC(=O)N[C@@H](CCC(N)=O)C(=O)O.N[C@@H](CCC(=O)O)C(=O)O. The van der Waals surface area contributed by atoms with Crippen molar-refractivity contribution in [3.8, 4) is 0 Å². The molecule has 0 aromatic carbocycles. The van der Waals surface area contributed by atoms with Crippen LogP contribution in [0.2, 0.25) is 0 Å². The van der Waals surface area contributed by atoms with Gasteiger partial charge in [-0.1, -0.05) is 58.3 Å².